The number of nitrogens with zero attached hydrogens (tertiary/aromatic N) is 3. The molecule has 4 aromatic carbocycles. The Balaban J connectivity index is 1.10. The normalized spacial score (nSPS) is 19.5. The molecule has 232 valence electrons. The lowest BCUT2D eigenvalue weighted by atomic mass is 9.99. The largest absolute Gasteiger partial charge is 0.392 e. The quantitative estimate of drug-likeness (QED) is 0.176. The molecule has 8 nitrogen and oxygen atoms in total. The van der Waals surface area contributed by atoms with Gasteiger partial charge in [-0.2, -0.15) is 0 Å². The number of halogens is 2. The Morgan fingerprint density at radius 1 is 0.783 bits per heavy atom. The van der Waals surface area contributed by atoms with Crippen LogP contribution in [0.15, 0.2) is 103 Å². The standard InChI is InChI=1S/C36H29Cl2N3O5/c37-32-33(38)40(21-39-32)19-28-17-31(25-10-8-22(20-42)9-11-25)46-36(45-28)26-14-12-24(13-15-26)27-5-3-4-23(16-27)18-41-34(43)29-6-1-2-7-30(29)35(41)44/h1-16,21,28,31,36,42H,17-20H2/t28-,31+,36+/m0/s1. The summed E-state index contributed by atoms with van der Waals surface area (Å²) in [7, 11) is 0. The SMILES string of the molecule is O=C1c2ccccc2C(=O)N1Cc1cccc(-c2ccc([C@@H]3O[C@H](Cn4cnc(Cl)c4Cl)C[C@H](c4ccc(CO)cc4)O3)cc2)c1. The second-order valence-electron chi connectivity index (χ2n) is 11.4. The minimum Gasteiger partial charge on any atom is -0.392 e. The van der Waals surface area contributed by atoms with Crippen molar-refractivity contribution in [2.75, 3.05) is 0 Å². The smallest absolute Gasteiger partial charge is 0.261 e. The van der Waals surface area contributed by atoms with Crippen molar-refractivity contribution in [3.63, 3.8) is 0 Å². The van der Waals surface area contributed by atoms with Gasteiger partial charge in [-0.3, -0.25) is 14.5 Å². The van der Waals surface area contributed by atoms with Gasteiger partial charge in [-0.15, -0.1) is 0 Å². The number of imide groups is 1. The third-order valence-electron chi connectivity index (χ3n) is 8.41. The molecule has 7 rings (SSSR count). The molecule has 1 saturated heterocycles. The first-order chi connectivity index (χ1) is 22.4. The van der Waals surface area contributed by atoms with Gasteiger partial charge in [0.15, 0.2) is 11.4 Å². The van der Waals surface area contributed by atoms with E-state index in [4.69, 9.17) is 32.7 Å². The van der Waals surface area contributed by atoms with E-state index in [1.807, 2.05) is 72.8 Å². The van der Waals surface area contributed by atoms with Crippen molar-refractivity contribution < 1.29 is 24.2 Å². The average Bonchev–Trinajstić information content (AvgIpc) is 3.54. The summed E-state index contributed by atoms with van der Waals surface area (Å²) in [5.41, 5.74) is 6.32. The molecule has 10 heteroatoms. The Morgan fingerprint density at radius 3 is 2.13 bits per heavy atom. The molecule has 1 aromatic heterocycles. The summed E-state index contributed by atoms with van der Waals surface area (Å²) in [5.74, 6) is -0.551. The number of aliphatic hydroxyl groups is 1. The van der Waals surface area contributed by atoms with Gasteiger partial charge in [-0.1, -0.05) is 102 Å². The molecular weight excluding hydrogens is 625 g/mol. The number of carbonyl (C=O) groups is 2. The number of hydrogen-bond donors (Lipinski definition) is 1. The Kier molecular flexibility index (Phi) is 8.46. The van der Waals surface area contributed by atoms with Crippen molar-refractivity contribution in [1.29, 1.82) is 0 Å². The summed E-state index contributed by atoms with van der Waals surface area (Å²) in [6.07, 6.45) is 1.03. The van der Waals surface area contributed by atoms with Crippen LogP contribution >= 0.6 is 23.2 Å². The van der Waals surface area contributed by atoms with Crippen LogP contribution in [0.3, 0.4) is 0 Å². The van der Waals surface area contributed by atoms with E-state index >= 15 is 0 Å². The predicted molar refractivity (Wildman–Crippen MR) is 173 cm³/mol. The van der Waals surface area contributed by atoms with E-state index in [0.29, 0.717) is 29.2 Å². The van der Waals surface area contributed by atoms with Crippen LogP contribution in [0.2, 0.25) is 10.3 Å². The van der Waals surface area contributed by atoms with Crippen LogP contribution in [0.1, 0.15) is 61.8 Å². The zero-order chi connectivity index (χ0) is 31.8. The van der Waals surface area contributed by atoms with E-state index in [1.165, 1.54) is 4.90 Å². The number of imidazole rings is 1. The summed E-state index contributed by atoms with van der Waals surface area (Å²) in [6.45, 7) is 0.607. The zero-order valence-corrected chi connectivity index (χ0v) is 26.1. The van der Waals surface area contributed by atoms with Gasteiger partial charge in [0.1, 0.15) is 5.15 Å². The van der Waals surface area contributed by atoms with E-state index in [-0.39, 0.29) is 42.3 Å². The second kappa shape index (κ2) is 12.8. The summed E-state index contributed by atoms with van der Waals surface area (Å²) in [5, 5.41) is 10.1. The molecule has 1 fully saturated rings. The first-order valence-corrected chi connectivity index (χ1v) is 15.6. The van der Waals surface area contributed by atoms with Crippen molar-refractivity contribution in [3.05, 3.63) is 147 Å². The van der Waals surface area contributed by atoms with E-state index in [2.05, 4.69) is 4.98 Å². The van der Waals surface area contributed by atoms with Gasteiger partial charge in [0, 0.05) is 12.0 Å². The van der Waals surface area contributed by atoms with Crippen LogP contribution in [-0.2, 0) is 29.2 Å². The Bertz CT molecular complexity index is 1870. The molecule has 0 unspecified atom stereocenters. The molecule has 46 heavy (non-hydrogen) atoms. The Morgan fingerprint density at radius 2 is 1.48 bits per heavy atom. The molecule has 5 aromatic rings. The molecule has 0 bridgehead atoms. The van der Waals surface area contributed by atoms with Crippen molar-refractivity contribution in [1.82, 2.24) is 14.5 Å². The van der Waals surface area contributed by atoms with Gasteiger partial charge in [-0.25, -0.2) is 4.98 Å². The van der Waals surface area contributed by atoms with Crippen LogP contribution in [0.5, 0.6) is 0 Å². The fourth-order valence-corrected chi connectivity index (χ4v) is 6.28. The number of hydrogen-bond acceptors (Lipinski definition) is 6. The summed E-state index contributed by atoms with van der Waals surface area (Å²) < 4.78 is 14.7. The third kappa shape index (κ3) is 5.98. The lowest BCUT2D eigenvalue weighted by Crippen LogP contribution is -2.32. The van der Waals surface area contributed by atoms with E-state index < -0.39 is 6.29 Å². The number of rotatable bonds is 8. The van der Waals surface area contributed by atoms with Crippen LogP contribution in [0, 0.1) is 0 Å². The fraction of sp³-hybridized carbons (Fsp3) is 0.194. The van der Waals surface area contributed by atoms with Gasteiger partial charge < -0.3 is 19.1 Å². The van der Waals surface area contributed by atoms with Crippen molar-refractivity contribution in [3.8, 4) is 11.1 Å². The molecule has 2 aliphatic rings. The van der Waals surface area contributed by atoms with Crippen LogP contribution in [-0.4, -0.2) is 37.5 Å². The molecular formula is C36H29Cl2N3O5. The van der Waals surface area contributed by atoms with Gasteiger partial charge in [-0.05, 0) is 46.0 Å². The van der Waals surface area contributed by atoms with Crippen LogP contribution in [0.25, 0.3) is 11.1 Å². The number of ether oxygens (including phenoxy) is 2. The van der Waals surface area contributed by atoms with Gasteiger partial charge >= 0.3 is 0 Å². The first kappa shape index (κ1) is 30.3. The molecule has 0 aliphatic carbocycles. The van der Waals surface area contributed by atoms with Crippen molar-refractivity contribution >= 4 is 35.0 Å². The van der Waals surface area contributed by atoms with E-state index in [1.54, 1.807) is 35.2 Å². The highest BCUT2D eigenvalue weighted by Crippen LogP contribution is 2.39. The zero-order valence-electron chi connectivity index (χ0n) is 24.6. The predicted octanol–water partition coefficient (Wildman–Crippen LogP) is 7.39. The maximum atomic E-state index is 12.9. The van der Waals surface area contributed by atoms with E-state index in [0.717, 1.165) is 33.4 Å². The molecule has 2 aliphatic heterocycles. The minimum atomic E-state index is -0.645. The van der Waals surface area contributed by atoms with Crippen LogP contribution in [0.4, 0.5) is 0 Å². The number of benzene rings is 4. The van der Waals surface area contributed by atoms with E-state index in [9.17, 15) is 14.7 Å². The lowest BCUT2D eigenvalue weighted by Gasteiger charge is -2.36. The monoisotopic (exact) mass is 653 g/mol. The van der Waals surface area contributed by atoms with Crippen molar-refractivity contribution in [2.24, 2.45) is 0 Å². The Labute approximate surface area is 275 Å². The maximum absolute atomic E-state index is 12.9. The summed E-state index contributed by atoms with van der Waals surface area (Å²) in [4.78, 5) is 31.2. The maximum Gasteiger partial charge on any atom is 0.261 e. The topological polar surface area (TPSA) is 93.9 Å². The van der Waals surface area contributed by atoms with Gasteiger partial charge in [0.25, 0.3) is 11.8 Å². The van der Waals surface area contributed by atoms with Crippen LogP contribution < -0.4 is 0 Å². The number of aliphatic hydroxyl groups excluding tert-OH is 1. The third-order valence-corrected chi connectivity index (χ3v) is 9.18. The second-order valence-corrected chi connectivity index (χ2v) is 12.1. The number of fused-ring (bicyclic) bond motifs is 1. The van der Waals surface area contributed by atoms with Gasteiger partial charge in [0.2, 0.25) is 0 Å². The fourth-order valence-electron chi connectivity index (χ4n) is 5.97. The highest BCUT2D eigenvalue weighted by Gasteiger charge is 2.35. The molecule has 0 spiro atoms. The highest BCUT2D eigenvalue weighted by atomic mass is 35.5. The molecule has 1 N–H and O–H groups in total. The number of amides is 2. The summed E-state index contributed by atoms with van der Waals surface area (Å²) >= 11 is 12.5. The molecule has 3 heterocycles. The van der Waals surface area contributed by atoms with Crippen molar-refractivity contribution in [2.45, 2.75) is 44.6 Å². The molecule has 0 saturated carbocycles. The lowest BCUT2D eigenvalue weighted by molar-refractivity contribution is -0.252. The highest BCUT2D eigenvalue weighted by molar-refractivity contribution is 6.40. The Hall–Kier alpha value is -4.31. The van der Waals surface area contributed by atoms with Gasteiger partial charge in [0.05, 0.1) is 49.4 Å². The number of aromatic nitrogens is 2. The first-order valence-electron chi connectivity index (χ1n) is 14.9. The average molecular weight is 655 g/mol. The molecule has 3 atom stereocenters. The number of carbonyl (C=O) groups excluding carboxylic acids is 2. The summed E-state index contributed by atoms with van der Waals surface area (Å²) in [6, 6.07) is 30.4. The molecule has 0 radical (unpaired) electrons. The minimum absolute atomic E-state index is 0.0297. The molecule has 2 amide bonds.